The fourth-order valence-electron chi connectivity index (χ4n) is 2.97. The lowest BCUT2D eigenvalue weighted by atomic mass is 10.0. The van der Waals surface area contributed by atoms with Crippen molar-refractivity contribution in [2.45, 2.75) is 58.4 Å². The predicted octanol–water partition coefficient (Wildman–Crippen LogP) is 2.73. The molecule has 2 fully saturated rings. The highest BCUT2D eigenvalue weighted by atomic mass is 16.1. The molecule has 2 aliphatic carbocycles. The third kappa shape index (κ3) is 2.53. The molecule has 2 aliphatic rings. The van der Waals surface area contributed by atoms with Crippen LogP contribution in [0.5, 0.6) is 0 Å². The Morgan fingerprint density at radius 3 is 2.47 bits per heavy atom. The molecule has 3 atom stereocenters. The van der Waals surface area contributed by atoms with E-state index in [2.05, 4.69) is 19.2 Å². The normalized spacial score (nSPS) is 34.7. The molecule has 0 aromatic heterocycles. The smallest absolute Gasteiger partial charge is 0.223 e. The number of carbonyl (C=O) groups excluding carboxylic acids is 1. The number of nitrogens with one attached hydrogen (secondary N) is 1. The van der Waals surface area contributed by atoms with Crippen molar-refractivity contribution in [2.24, 2.45) is 17.8 Å². The van der Waals surface area contributed by atoms with Gasteiger partial charge in [-0.05, 0) is 43.9 Å². The summed E-state index contributed by atoms with van der Waals surface area (Å²) in [6.07, 6.45) is 7.09. The van der Waals surface area contributed by atoms with Gasteiger partial charge in [0.15, 0.2) is 0 Å². The van der Waals surface area contributed by atoms with E-state index < -0.39 is 0 Å². The molecule has 2 nitrogen and oxygen atoms in total. The standard InChI is InChI=1S/C13H23NO/c1-3-5-12(4-2)14-13(15)11-7-9-6-10(9)8-11/h9-12H,3-8H2,1-2H3,(H,14,15). The van der Waals surface area contributed by atoms with Gasteiger partial charge in [-0.1, -0.05) is 20.3 Å². The fraction of sp³-hybridized carbons (Fsp3) is 0.923. The molecule has 2 heteroatoms. The second-order valence-electron chi connectivity index (χ2n) is 5.33. The minimum Gasteiger partial charge on any atom is -0.353 e. The Morgan fingerprint density at radius 1 is 1.27 bits per heavy atom. The van der Waals surface area contributed by atoms with E-state index in [1.165, 1.54) is 19.3 Å². The van der Waals surface area contributed by atoms with E-state index in [1.54, 1.807) is 0 Å². The Hall–Kier alpha value is -0.530. The van der Waals surface area contributed by atoms with Crippen molar-refractivity contribution in [2.75, 3.05) is 0 Å². The molecule has 0 bridgehead atoms. The van der Waals surface area contributed by atoms with Crippen molar-refractivity contribution in [1.29, 1.82) is 0 Å². The molecule has 3 unspecified atom stereocenters. The number of hydrogen-bond donors (Lipinski definition) is 1. The van der Waals surface area contributed by atoms with Gasteiger partial charge in [0, 0.05) is 12.0 Å². The summed E-state index contributed by atoms with van der Waals surface area (Å²) in [5.74, 6) is 2.50. The Morgan fingerprint density at radius 2 is 1.93 bits per heavy atom. The predicted molar refractivity (Wildman–Crippen MR) is 61.5 cm³/mol. The largest absolute Gasteiger partial charge is 0.353 e. The van der Waals surface area contributed by atoms with Crippen LogP contribution in [0, 0.1) is 17.8 Å². The van der Waals surface area contributed by atoms with Gasteiger partial charge in [-0.25, -0.2) is 0 Å². The van der Waals surface area contributed by atoms with Gasteiger partial charge >= 0.3 is 0 Å². The van der Waals surface area contributed by atoms with Gasteiger partial charge in [-0.15, -0.1) is 0 Å². The summed E-state index contributed by atoms with van der Waals surface area (Å²) >= 11 is 0. The number of fused-ring (bicyclic) bond motifs is 1. The molecule has 0 aliphatic heterocycles. The highest BCUT2D eigenvalue weighted by molar-refractivity contribution is 5.79. The molecule has 0 spiro atoms. The summed E-state index contributed by atoms with van der Waals surface area (Å²) in [5, 5.41) is 3.21. The highest BCUT2D eigenvalue weighted by Gasteiger charge is 2.48. The Bertz CT molecular complexity index is 229. The zero-order chi connectivity index (χ0) is 10.8. The van der Waals surface area contributed by atoms with E-state index >= 15 is 0 Å². The first-order valence-corrected chi connectivity index (χ1v) is 6.55. The van der Waals surface area contributed by atoms with E-state index in [0.717, 1.165) is 31.1 Å². The number of amides is 1. The molecule has 15 heavy (non-hydrogen) atoms. The van der Waals surface area contributed by atoms with Crippen LogP contribution >= 0.6 is 0 Å². The van der Waals surface area contributed by atoms with Crippen LogP contribution in [0.15, 0.2) is 0 Å². The lowest BCUT2D eigenvalue weighted by Gasteiger charge is -2.19. The molecular formula is C13H23NO. The average Bonchev–Trinajstić information content (AvgIpc) is 2.85. The first kappa shape index (κ1) is 11.0. The van der Waals surface area contributed by atoms with E-state index in [-0.39, 0.29) is 0 Å². The summed E-state index contributed by atoms with van der Waals surface area (Å²) in [5.41, 5.74) is 0. The summed E-state index contributed by atoms with van der Waals surface area (Å²) in [4.78, 5) is 11.9. The van der Waals surface area contributed by atoms with Crippen molar-refractivity contribution >= 4 is 5.91 Å². The minimum atomic E-state index is 0.336. The summed E-state index contributed by atoms with van der Waals surface area (Å²) < 4.78 is 0. The van der Waals surface area contributed by atoms with Gasteiger partial charge in [0.2, 0.25) is 5.91 Å². The quantitative estimate of drug-likeness (QED) is 0.741. The van der Waals surface area contributed by atoms with Crippen LogP contribution in [0.25, 0.3) is 0 Å². The number of carbonyl (C=O) groups is 1. The summed E-state index contributed by atoms with van der Waals surface area (Å²) in [6.45, 7) is 4.34. The van der Waals surface area contributed by atoms with Crippen LogP contribution in [0.2, 0.25) is 0 Å². The molecule has 1 amide bonds. The molecule has 0 heterocycles. The van der Waals surface area contributed by atoms with Gasteiger partial charge in [0.05, 0.1) is 0 Å². The molecule has 1 N–H and O–H groups in total. The molecular weight excluding hydrogens is 186 g/mol. The Labute approximate surface area is 92.8 Å². The molecule has 86 valence electrons. The first-order chi connectivity index (χ1) is 7.24. The zero-order valence-electron chi connectivity index (χ0n) is 9.96. The lowest BCUT2D eigenvalue weighted by molar-refractivity contribution is -0.125. The highest BCUT2D eigenvalue weighted by Crippen LogP contribution is 2.54. The molecule has 0 aromatic rings. The van der Waals surface area contributed by atoms with E-state index in [1.807, 2.05) is 0 Å². The van der Waals surface area contributed by atoms with E-state index in [4.69, 9.17) is 0 Å². The van der Waals surface area contributed by atoms with Crippen molar-refractivity contribution < 1.29 is 4.79 Å². The first-order valence-electron chi connectivity index (χ1n) is 6.55. The van der Waals surface area contributed by atoms with Crippen molar-refractivity contribution in [3.8, 4) is 0 Å². The van der Waals surface area contributed by atoms with Crippen LogP contribution in [-0.4, -0.2) is 11.9 Å². The van der Waals surface area contributed by atoms with Gasteiger partial charge in [-0.3, -0.25) is 4.79 Å². The second kappa shape index (κ2) is 4.54. The lowest BCUT2D eigenvalue weighted by Crippen LogP contribution is -2.38. The van der Waals surface area contributed by atoms with Gasteiger partial charge in [0.1, 0.15) is 0 Å². The average molecular weight is 209 g/mol. The van der Waals surface area contributed by atoms with Crippen LogP contribution in [0.3, 0.4) is 0 Å². The Kier molecular flexibility index (Phi) is 3.32. The Balaban J connectivity index is 1.75. The summed E-state index contributed by atoms with van der Waals surface area (Å²) in [6, 6.07) is 0.416. The molecule has 2 saturated carbocycles. The van der Waals surface area contributed by atoms with Crippen LogP contribution in [-0.2, 0) is 4.79 Å². The number of hydrogen-bond acceptors (Lipinski definition) is 1. The maximum atomic E-state index is 11.9. The second-order valence-corrected chi connectivity index (χ2v) is 5.33. The maximum Gasteiger partial charge on any atom is 0.223 e. The van der Waals surface area contributed by atoms with E-state index in [9.17, 15) is 4.79 Å². The zero-order valence-corrected chi connectivity index (χ0v) is 9.96. The molecule has 0 saturated heterocycles. The van der Waals surface area contributed by atoms with E-state index in [0.29, 0.717) is 17.9 Å². The van der Waals surface area contributed by atoms with Gasteiger partial charge in [-0.2, -0.15) is 0 Å². The fourth-order valence-corrected chi connectivity index (χ4v) is 2.97. The third-order valence-electron chi connectivity index (χ3n) is 4.09. The van der Waals surface area contributed by atoms with Gasteiger partial charge < -0.3 is 5.32 Å². The molecule has 0 aromatic carbocycles. The SMILES string of the molecule is CCCC(CC)NC(=O)C1CC2CC2C1. The molecule has 0 radical (unpaired) electrons. The van der Waals surface area contributed by atoms with Crippen molar-refractivity contribution in [3.05, 3.63) is 0 Å². The summed E-state index contributed by atoms with van der Waals surface area (Å²) in [7, 11) is 0. The van der Waals surface area contributed by atoms with Crippen LogP contribution < -0.4 is 5.32 Å². The van der Waals surface area contributed by atoms with Crippen LogP contribution in [0.1, 0.15) is 52.4 Å². The minimum absolute atomic E-state index is 0.336. The monoisotopic (exact) mass is 209 g/mol. The topological polar surface area (TPSA) is 29.1 Å². The van der Waals surface area contributed by atoms with Crippen molar-refractivity contribution in [3.63, 3.8) is 0 Å². The molecule has 2 rings (SSSR count). The maximum absolute atomic E-state index is 11.9. The van der Waals surface area contributed by atoms with Gasteiger partial charge in [0.25, 0.3) is 0 Å². The van der Waals surface area contributed by atoms with Crippen LogP contribution in [0.4, 0.5) is 0 Å². The number of rotatable bonds is 5. The van der Waals surface area contributed by atoms with Crippen molar-refractivity contribution in [1.82, 2.24) is 5.32 Å². The third-order valence-corrected chi connectivity index (χ3v) is 4.09.